The molecule has 0 radical (unpaired) electrons. The molecule has 36 heavy (non-hydrogen) atoms. The van der Waals surface area contributed by atoms with Crippen LogP contribution in [-0.4, -0.2) is 81.8 Å². The standard InChI is InChI=1S/C25H34ClN7O2S/c1-24(2,3)35-23(34)33-14-17(15-33)32-11-7-25(16-32)5-9-31(10-6-25)19-12-30-20(13-29-19)36-18-4-8-28-22(27)21(18)26/h4,8,12-13,17H,5-7,9-11,14-16H2,1-3H3,(H2,27,28). The minimum atomic E-state index is -0.445. The lowest BCUT2D eigenvalue weighted by atomic mass is 9.77. The summed E-state index contributed by atoms with van der Waals surface area (Å²) in [6.07, 6.45) is 8.61. The van der Waals surface area contributed by atoms with Crippen LogP contribution in [0.4, 0.5) is 16.4 Å². The number of hydrogen-bond acceptors (Lipinski definition) is 9. The zero-order chi connectivity index (χ0) is 25.5. The van der Waals surface area contributed by atoms with Crippen LogP contribution in [-0.2, 0) is 4.74 Å². The van der Waals surface area contributed by atoms with Gasteiger partial charge in [-0.15, -0.1) is 0 Å². The number of halogens is 1. The van der Waals surface area contributed by atoms with Crippen molar-refractivity contribution >= 4 is 41.1 Å². The van der Waals surface area contributed by atoms with Crippen LogP contribution in [0.3, 0.4) is 0 Å². The van der Waals surface area contributed by atoms with Crippen molar-refractivity contribution in [3.05, 3.63) is 29.7 Å². The first-order chi connectivity index (χ1) is 17.1. The van der Waals surface area contributed by atoms with Crippen molar-refractivity contribution in [3.63, 3.8) is 0 Å². The minimum absolute atomic E-state index is 0.195. The van der Waals surface area contributed by atoms with Gasteiger partial charge in [-0.25, -0.2) is 19.7 Å². The number of pyridine rings is 1. The molecule has 3 saturated heterocycles. The van der Waals surface area contributed by atoms with Gasteiger partial charge in [0.2, 0.25) is 0 Å². The molecule has 194 valence electrons. The number of carbonyl (C=O) groups is 1. The van der Waals surface area contributed by atoms with E-state index in [9.17, 15) is 4.79 Å². The topological polar surface area (TPSA) is 101 Å². The fraction of sp³-hybridized carbons (Fsp3) is 0.600. The second-order valence-electron chi connectivity index (χ2n) is 11.1. The van der Waals surface area contributed by atoms with Crippen molar-refractivity contribution in [2.75, 3.05) is 49.9 Å². The number of hydrogen-bond donors (Lipinski definition) is 1. The van der Waals surface area contributed by atoms with E-state index >= 15 is 0 Å². The molecule has 9 nitrogen and oxygen atoms in total. The Morgan fingerprint density at radius 2 is 1.86 bits per heavy atom. The van der Waals surface area contributed by atoms with E-state index in [0.717, 1.165) is 67.8 Å². The number of piperidine rings is 1. The van der Waals surface area contributed by atoms with Crippen molar-refractivity contribution in [3.8, 4) is 0 Å². The third kappa shape index (κ3) is 5.50. The first-order valence-electron chi connectivity index (χ1n) is 12.5. The van der Waals surface area contributed by atoms with E-state index in [4.69, 9.17) is 22.1 Å². The second kappa shape index (κ2) is 9.87. The van der Waals surface area contributed by atoms with E-state index in [2.05, 4.69) is 24.8 Å². The molecule has 1 spiro atoms. The quantitative estimate of drug-likeness (QED) is 0.622. The van der Waals surface area contributed by atoms with E-state index in [-0.39, 0.29) is 6.09 Å². The molecular formula is C25H34ClN7O2S. The number of anilines is 2. The van der Waals surface area contributed by atoms with Gasteiger partial charge < -0.3 is 20.3 Å². The maximum atomic E-state index is 12.3. The van der Waals surface area contributed by atoms with Gasteiger partial charge in [-0.05, 0) is 58.1 Å². The Morgan fingerprint density at radius 3 is 2.53 bits per heavy atom. The van der Waals surface area contributed by atoms with Crippen LogP contribution >= 0.6 is 23.4 Å². The summed E-state index contributed by atoms with van der Waals surface area (Å²) in [5.41, 5.74) is 5.72. The largest absolute Gasteiger partial charge is 0.444 e. The van der Waals surface area contributed by atoms with Gasteiger partial charge in [-0.3, -0.25) is 4.90 Å². The summed E-state index contributed by atoms with van der Waals surface area (Å²) in [5.74, 6) is 1.23. The van der Waals surface area contributed by atoms with Crippen molar-refractivity contribution in [2.45, 2.75) is 61.6 Å². The van der Waals surface area contributed by atoms with Crippen LogP contribution in [0, 0.1) is 5.41 Å². The van der Waals surface area contributed by atoms with Crippen molar-refractivity contribution in [1.82, 2.24) is 24.8 Å². The third-order valence-corrected chi connectivity index (χ3v) is 8.85. The van der Waals surface area contributed by atoms with E-state index in [1.54, 1.807) is 12.4 Å². The third-order valence-electron chi connectivity index (χ3n) is 7.36. The van der Waals surface area contributed by atoms with E-state index in [1.165, 1.54) is 18.2 Å². The first kappa shape index (κ1) is 25.4. The maximum Gasteiger partial charge on any atom is 0.410 e. The zero-order valence-electron chi connectivity index (χ0n) is 21.1. The fourth-order valence-corrected chi connectivity index (χ4v) is 6.21. The molecule has 5 heterocycles. The Morgan fingerprint density at radius 1 is 1.14 bits per heavy atom. The molecule has 2 N–H and O–H groups in total. The summed E-state index contributed by atoms with van der Waals surface area (Å²) in [6.45, 7) is 11.5. The number of rotatable bonds is 4. The molecule has 0 saturated carbocycles. The number of aromatic nitrogens is 3. The van der Waals surface area contributed by atoms with E-state index in [1.807, 2.05) is 37.9 Å². The molecule has 2 aromatic heterocycles. The van der Waals surface area contributed by atoms with Crippen LogP contribution in [0.1, 0.15) is 40.0 Å². The van der Waals surface area contributed by atoms with Crippen LogP contribution in [0.2, 0.25) is 5.02 Å². The predicted molar refractivity (Wildman–Crippen MR) is 141 cm³/mol. The van der Waals surface area contributed by atoms with Gasteiger partial charge in [-0.1, -0.05) is 23.4 Å². The van der Waals surface area contributed by atoms with Crippen LogP contribution < -0.4 is 10.6 Å². The number of amides is 1. The Labute approximate surface area is 221 Å². The molecule has 0 aliphatic carbocycles. The highest BCUT2D eigenvalue weighted by atomic mass is 35.5. The molecule has 3 fully saturated rings. The number of nitrogen functional groups attached to an aromatic ring is 1. The molecule has 11 heteroatoms. The Bertz CT molecular complexity index is 1100. The SMILES string of the molecule is CC(C)(C)OC(=O)N1CC(N2CCC3(CCN(c4cnc(Sc5ccnc(N)c5Cl)cn4)CC3)C2)C1. The Hall–Kier alpha value is -2.30. The summed E-state index contributed by atoms with van der Waals surface area (Å²) < 4.78 is 5.50. The number of likely N-dealkylation sites (tertiary alicyclic amines) is 2. The van der Waals surface area contributed by atoms with Crippen molar-refractivity contribution in [1.29, 1.82) is 0 Å². The molecule has 0 atom stereocenters. The molecule has 3 aliphatic rings. The smallest absolute Gasteiger partial charge is 0.410 e. The minimum Gasteiger partial charge on any atom is -0.444 e. The van der Waals surface area contributed by atoms with E-state index < -0.39 is 5.60 Å². The summed E-state index contributed by atoms with van der Waals surface area (Å²) in [5, 5.41) is 1.21. The van der Waals surface area contributed by atoms with Gasteiger partial charge in [0.25, 0.3) is 0 Å². The molecule has 0 aromatic carbocycles. The highest BCUT2D eigenvalue weighted by Crippen LogP contribution is 2.42. The zero-order valence-corrected chi connectivity index (χ0v) is 22.7. The highest BCUT2D eigenvalue weighted by molar-refractivity contribution is 7.99. The van der Waals surface area contributed by atoms with E-state index in [0.29, 0.717) is 22.3 Å². The maximum absolute atomic E-state index is 12.3. The van der Waals surface area contributed by atoms with Gasteiger partial charge in [0.15, 0.2) is 0 Å². The number of carbonyl (C=O) groups excluding carboxylic acids is 1. The average molecular weight is 532 g/mol. The number of nitrogens with zero attached hydrogens (tertiary/aromatic N) is 6. The molecule has 3 aliphatic heterocycles. The highest BCUT2D eigenvalue weighted by Gasteiger charge is 2.46. The fourth-order valence-electron chi connectivity index (χ4n) is 5.22. The van der Waals surface area contributed by atoms with Crippen LogP contribution in [0.15, 0.2) is 34.6 Å². The van der Waals surface area contributed by atoms with Gasteiger partial charge in [0.05, 0.1) is 17.4 Å². The number of ether oxygens (including phenoxy) is 1. The van der Waals surface area contributed by atoms with Gasteiger partial charge in [0, 0.05) is 49.9 Å². The monoisotopic (exact) mass is 531 g/mol. The summed E-state index contributed by atoms with van der Waals surface area (Å²) >= 11 is 7.68. The van der Waals surface area contributed by atoms with Crippen molar-refractivity contribution in [2.24, 2.45) is 5.41 Å². The Kier molecular flexibility index (Phi) is 6.95. The molecule has 5 rings (SSSR count). The van der Waals surface area contributed by atoms with Gasteiger partial charge in [0.1, 0.15) is 22.3 Å². The summed E-state index contributed by atoms with van der Waals surface area (Å²) in [4.78, 5) is 33.1. The summed E-state index contributed by atoms with van der Waals surface area (Å²) in [7, 11) is 0. The second-order valence-corrected chi connectivity index (χ2v) is 12.5. The normalized spacial score (nSPS) is 20.6. The van der Waals surface area contributed by atoms with Crippen LogP contribution in [0.5, 0.6) is 0 Å². The lowest BCUT2D eigenvalue weighted by Crippen LogP contribution is -2.61. The van der Waals surface area contributed by atoms with Gasteiger partial charge in [-0.2, -0.15) is 0 Å². The molecule has 0 bridgehead atoms. The molecule has 1 amide bonds. The predicted octanol–water partition coefficient (Wildman–Crippen LogP) is 4.17. The lowest BCUT2D eigenvalue weighted by Gasteiger charge is -2.45. The molecule has 2 aromatic rings. The number of nitrogens with two attached hydrogens (primary N) is 1. The first-order valence-corrected chi connectivity index (χ1v) is 13.7. The Balaban J connectivity index is 1.10. The van der Waals surface area contributed by atoms with Gasteiger partial charge >= 0.3 is 6.09 Å². The summed E-state index contributed by atoms with van der Waals surface area (Å²) in [6, 6.07) is 2.28. The lowest BCUT2D eigenvalue weighted by molar-refractivity contribution is -0.0134. The molecule has 0 unspecified atom stereocenters. The van der Waals surface area contributed by atoms with Crippen LogP contribution in [0.25, 0.3) is 0 Å². The molecular weight excluding hydrogens is 498 g/mol. The average Bonchev–Trinajstić information content (AvgIpc) is 3.19. The van der Waals surface area contributed by atoms with Crippen molar-refractivity contribution < 1.29 is 9.53 Å².